The Morgan fingerprint density at radius 2 is 1.40 bits per heavy atom. The van der Waals surface area contributed by atoms with Crippen molar-refractivity contribution in [1.82, 2.24) is 4.72 Å². The first-order valence-corrected chi connectivity index (χ1v) is 11.3. The van der Waals surface area contributed by atoms with Crippen molar-refractivity contribution in [3.63, 3.8) is 0 Å². The molecule has 156 valence electrons. The number of sulfonamides is 2. The van der Waals surface area contributed by atoms with Crippen LogP contribution >= 0.6 is 0 Å². The van der Waals surface area contributed by atoms with Crippen LogP contribution in [0.4, 0.5) is 14.5 Å². The van der Waals surface area contributed by atoms with E-state index in [0.717, 1.165) is 36.4 Å². The lowest BCUT2D eigenvalue weighted by Gasteiger charge is -2.10. The summed E-state index contributed by atoms with van der Waals surface area (Å²) in [5, 5.41) is 0. The highest BCUT2D eigenvalue weighted by molar-refractivity contribution is 7.92. The molecule has 3 aromatic carbocycles. The molecule has 0 aromatic heterocycles. The first-order chi connectivity index (χ1) is 14.1. The molecule has 0 bridgehead atoms. The second-order valence-corrected chi connectivity index (χ2v) is 9.34. The standard InChI is InChI=1S/C19H14F2N2O5S2/c20-14-6-11-18(17(21)12-14)30(27,28)22-15-7-9-16(10-8-15)29(25,26)23-19(24)13-4-2-1-3-5-13/h1-12,22H,(H,23,24). The topological polar surface area (TPSA) is 109 Å². The van der Waals surface area contributed by atoms with Gasteiger partial charge in [0.05, 0.1) is 4.90 Å². The highest BCUT2D eigenvalue weighted by Crippen LogP contribution is 2.21. The van der Waals surface area contributed by atoms with Gasteiger partial charge in [-0.1, -0.05) is 18.2 Å². The van der Waals surface area contributed by atoms with Crippen LogP contribution in [0.15, 0.2) is 82.6 Å². The Hall–Kier alpha value is -3.31. The fraction of sp³-hybridized carbons (Fsp3) is 0. The van der Waals surface area contributed by atoms with Gasteiger partial charge in [0.2, 0.25) is 0 Å². The molecule has 1 amide bonds. The number of hydrogen-bond acceptors (Lipinski definition) is 5. The van der Waals surface area contributed by atoms with E-state index in [-0.39, 0.29) is 16.1 Å². The zero-order valence-electron chi connectivity index (χ0n) is 15.0. The van der Waals surface area contributed by atoms with Gasteiger partial charge in [-0.3, -0.25) is 9.52 Å². The van der Waals surface area contributed by atoms with Crippen LogP contribution in [0.3, 0.4) is 0 Å². The number of anilines is 1. The molecule has 0 unspecified atom stereocenters. The Labute approximate surface area is 171 Å². The Morgan fingerprint density at radius 3 is 2.00 bits per heavy atom. The van der Waals surface area contributed by atoms with Crippen LogP contribution in [-0.2, 0) is 20.0 Å². The Morgan fingerprint density at radius 1 is 0.767 bits per heavy atom. The van der Waals surface area contributed by atoms with Crippen LogP contribution in [0.5, 0.6) is 0 Å². The maximum absolute atomic E-state index is 13.8. The largest absolute Gasteiger partial charge is 0.280 e. The van der Waals surface area contributed by atoms with Gasteiger partial charge in [-0.2, -0.15) is 0 Å². The average Bonchev–Trinajstić information content (AvgIpc) is 2.68. The second kappa shape index (κ2) is 8.20. The van der Waals surface area contributed by atoms with E-state index in [1.165, 1.54) is 12.1 Å². The number of nitrogens with one attached hydrogen (secondary N) is 2. The third-order valence-electron chi connectivity index (χ3n) is 3.86. The lowest BCUT2D eigenvalue weighted by Crippen LogP contribution is -2.30. The molecule has 30 heavy (non-hydrogen) atoms. The van der Waals surface area contributed by atoms with Gasteiger partial charge in [0.15, 0.2) is 0 Å². The van der Waals surface area contributed by atoms with Crippen LogP contribution in [0.2, 0.25) is 0 Å². The molecule has 3 rings (SSSR count). The van der Waals surface area contributed by atoms with Crippen molar-refractivity contribution in [3.05, 3.63) is 90.0 Å². The van der Waals surface area contributed by atoms with Crippen molar-refractivity contribution < 1.29 is 30.4 Å². The van der Waals surface area contributed by atoms with Crippen LogP contribution in [-0.4, -0.2) is 22.7 Å². The number of hydrogen-bond donors (Lipinski definition) is 2. The fourth-order valence-corrected chi connectivity index (χ4v) is 4.53. The molecule has 0 saturated heterocycles. The van der Waals surface area contributed by atoms with Crippen LogP contribution in [0.1, 0.15) is 10.4 Å². The highest BCUT2D eigenvalue weighted by atomic mass is 32.2. The fourth-order valence-electron chi connectivity index (χ4n) is 2.43. The Bertz CT molecular complexity index is 1290. The summed E-state index contributed by atoms with van der Waals surface area (Å²) in [5.41, 5.74) is 0.0823. The molecule has 0 aliphatic rings. The van der Waals surface area contributed by atoms with E-state index in [4.69, 9.17) is 0 Å². The Balaban J connectivity index is 1.78. The molecule has 11 heteroatoms. The molecule has 0 radical (unpaired) electrons. The number of halogens is 2. The summed E-state index contributed by atoms with van der Waals surface area (Å²) in [7, 11) is -8.59. The van der Waals surface area contributed by atoms with Crippen molar-refractivity contribution >= 4 is 31.6 Å². The first-order valence-electron chi connectivity index (χ1n) is 8.29. The van der Waals surface area contributed by atoms with E-state index in [0.29, 0.717) is 6.07 Å². The van der Waals surface area contributed by atoms with Crippen LogP contribution < -0.4 is 9.44 Å². The number of benzene rings is 3. The van der Waals surface area contributed by atoms with Crippen molar-refractivity contribution in [2.45, 2.75) is 9.79 Å². The van der Waals surface area contributed by atoms with E-state index in [1.54, 1.807) is 18.2 Å². The third-order valence-corrected chi connectivity index (χ3v) is 6.62. The second-order valence-electron chi connectivity index (χ2n) is 6.01. The summed E-state index contributed by atoms with van der Waals surface area (Å²) < 4.78 is 79.9. The van der Waals surface area contributed by atoms with Crippen molar-refractivity contribution in [2.24, 2.45) is 0 Å². The van der Waals surface area contributed by atoms with Gasteiger partial charge >= 0.3 is 0 Å². The average molecular weight is 452 g/mol. The number of rotatable bonds is 6. The third kappa shape index (κ3) is 4.81. The minimum Gasteiger partial charge on any atom is -0.280 e. The monoisotopic (exact) mass is 452 g/mol. The zero-order valence-corrected chi connectivity index (χ0v) is 16.7. The SMILES string of the molecule is O=C(NS(=O)(=O)c1ccc(NS(=O)(=O)c2ccc(F)cc2F)cc1)c1ccccc1. The summed E-state index contributed by atoms with van der Waals surface area (Å²) >= 11 is 0. The maximum Gasteiger partial charge on any atom is 0.264 e. The lowest BCUT2D eigenvalue weighted by atomic mass is 10.2. The maximum atomic E-state index is 13.8. The van der Waals surface area contributed by atoms with Gasteiger partial charge in [0, 0.05) is 17.3 Å². The zero-order chi connectivity index (χ0) is 21.9. The predicted octanol–water partition coefficient (Wildman–Crippen LogP) is 2.88. The molecular weight excluding hydrogens is 438 g/mol. The highest BCUT2D eigenvalue weighted by Gasteiger charge is 2.21. The minimum atomic E-state index is -4.37. The number of carbonyl (C=O) groups is 1. The van der Waals surface area contributed by atoms with E-state index >= 15 is 0 Å². The van der Waals surface area contributed by atoms with Crippen molar-refractivity contribution in [3.8, 4) is 0 Å². The first kappa shape index (κ1) is 21.4. The number of carbonyl (C=O) groups excluding carboxylic acids is 1. The summed E-state index contributed by atoms with van der Waals surface area (Å²) in [6, 6.07) is 14.1. The van der Waals surface area contributed by atoms with Gasteiger partial charge in [-0.05, 0) is 48.5 Å². The quantitative estimate of drug-likeness (QED) is 0.598. The van der Waals surface area contributed by atoms with E-state index in [1.807, 2.05) is 4.72 Å². The lowest BCUT2D eigenvalue weighted by molar-refractivity contribution is 0.0981. The molecule has 0 aliphatic carbocycles. The van der Waals surface area contributed by atoms with Crippen LogP contribution in [0.25, 0.3) is 0 Å². The molecule has 0 saturated carbocycles. The molecule has 7 nitrogen and oxygen atoms in total. The molecule has 0 atom stereocenters. The van der Waals surface area contributed by atoms with Gasteiger partial charge in [0.1, 0.15) is 16.5 Å². The predicted molar refractivity (Wildman–Crippen MR) is 105 cm³/mol. The van der Waals surface area contributed by atoms with E-state index in [2.05, 4.69) is 4.72 Å². The van der Waals surface area contributed by atoms with E-state index in [9.17, 15) is 30.4 Å². The van der Waals surface area contributed by atoms with Gasteiger partial charge < -0.3 is 0 Å². The molecule has 0 fully saturated rings. The molecule has 0 heterocycles. The van der Waals surface area contributed by atoms with Gasteiger partial charge in [0.25, 0.3) is 26.0 Å². The van der Waals surface area contributed by atoms with E-state index < -0.39 is 42.5 Å². The molecule has 3 aromatic rings. The molecule has 0 aliphatic heterocycles. The van der Waals surface area contributed by atoms with Gasteiger partial charge in [-0.25, -0.2) is 30.3 Å². The van der Waals surface area contributed by atoms with Crippen molar-refractivity contribution in [2.75, 3.05) is 4.72 Å². The Kier molecular flexibility index (Phi) is 5.85. The number of amides is 1. The molecular formula is C19H14F2N2O5S2. The van der Waals surface area contributed by atoms with Crippen LogP contribution in [0, 0.1) is 11.6 Å². The minimum absolute atomic E-state index is 0.0629. The summed E-state index contributed by atoms with van der Waals surface area (Å²) in [6.45, 7) is 0. The summed E-state index contributed by atoms with van der Waals surface area (Å²) in [5.74, 6) is -3.03. The summed E-state index contributed by atoms with van der Waals surface area (Å²) in [4.78, 5) is 11.0. The smallest absolute Gasteiger partial charge is 0.264 e. The summed E-state index contributed by atoms with van der Waals surface area (Å²) in [6.07, 6.45) is 0. The normalized spacial score (nSPS) is 11.7. The van der Waals surface area contributed by atoms with Crippen molar-refractivity contribution in [1.29, 1.82) is 0 Å². The van der Waals surface area contributed by atoms with Gasteiger partial charge in [-0.15, -0.1) is 0 Å². The molecule has 0 spiro atoms. The molecule has 2 N–H and O–H groups in total.